The number of Topliss-reactive ketones (excluding diaryl/α,β-unsaturated/α-hetero) is 2. The number of nitrogens with one attached hydrogen (secondary N) is 2. The van der Waals surface area contributed by atoms with Crippen molar-refractivity contribution in [3.05, 3.63) is 50.2 Å². The van der Waals surface area contributed by atoms with Gasteiger partial charge in [-0.25, -0.2) is 4.79 Å². The highest BCUT2D eigenvalue weighted by molar-refractivity contribution is 7.12. The Kier molecular flexibility index (Phi) is 6.11. The molecular weight excluding hydrogens is 438 g/mol. The Balaban J connectivity index is 1.40. The van der Waals surface area contributed by atoms with Crippen LogP contribution in [-0.2, 0) is 22.7 Å². The van der Waals surface area contributed by atoms with Crippen molar-refractivity contribution in [3.8, 4) is 0 Å². The molecule has 31 heavy (non-hydrogen) atoms. The fourth-order valence-corrected chi connectivity index (χ4v) is 5.17. The van der Waals surface area contributed by atoms with E-state index in [9.17, 15) is 19.2 Å². The summed E-state index contributed by atoms with van der Waals surface area (Å²) in [5, 5.41) is 7.98. The summed E-state index contributed by atoms with van der Waals surface area (Å²) in [6.07, 6.45) is 1.42. The number of thiophene rings is 1. The molecule has 1 aliphatic carbocycles. The molecule has 1 fully saturated rings. The first-order chi connectivity index (χ1) is 14.8. The Hall–Kier alpha value is -2.71. The number of hydrogen-bond donors (Lipinski definition) is 2. The molecule has 7 nitrogen and oxygen atoms in total. The molecule has 0 radical (unpaired) electrons. The van der Waals surface area contributed by atoms with E-state index in [2.05, 4.69) is 10.6 Å². The van der Waals surface area contributed by atoms with E-state index in [4.69, 9.17) is 11.6 Å². The van der Waals surface area contributed by atoms with E-state index in [1.54, 1.807) is 17.0 Å². The van der Waals surface area contributed by atoms with Gasteiger partial charge in [-0.15, -0.1) is 11.3 Å². The molecule has 1 saturated carbocycles. The van der Waals surface area contributed by atoms with E-state index >= 15 is 0 Å². The van der Waals surface area contributed by atoms with Crippen LogP contribution in [0, 0.1) is 6.92 Å². The zero-order valence-corrected chi connectivity index (χ0v) is 18.6. The van der Waals surface area contributed by atoms with Gasteiger partial charge in [0.1, 0.15) is 5.78 Å². The second kappa shape index (κ2) is 8.80. The molecule has 2 N–H and O–H groups in total. The number of amides is 3. The van der Waals surface area contributed by atoms with Gasteiger partial charge in [0.25, 0.3) is 5.91 Å². The number of urea groups is 1. The first-order valence-corrected chi connectivity index (χ1v) is 11.3. The molecule has 0 saturated heterocycles. The van der Waals surface area contributed by atoms with Gasteiger partial charge in [0.05, 0.1) is 17.3 Å². The number of rotatable bonds is 4. The lowest BCUT2D eigenvalue weighted by molar-refractivity contribution is -0.128. The number of fused-ring (bicyclic) bond motifs is 1. The fraction of sp³-hybridized carbons (Fsp3) is 0.364. The van der Waals surface area contributed by atoms with Gasteiger partial charge in [-0.05, 0) is 48.4 Å². The summed E-state index contributed by atoms with van der Waals surface area (Å²) in [5.41, 5.74) is 3.21. The quantitative estimate of drug-likeness (QED) is 0.532. The van der Waals surface area contributed by atoms with Crippen molar-refractivity contribution in [1.29, 1.82) is 0 Å². The van der Waals surface area contributed by atoms with Crippen molar-refractivity contribution >= 4 is 52.1 Å². The van der Waals surface area contributed by atoms with Crippen LogP contribution in [0.2, 0.25) is 5.02 Å². The smallest absolute Gasteiger partial charge is 0.319 e. The lowest BCUT2D eigenvalue weighted by Crippen LogP contribution is -2.41. The number of hydrogen-bond acceptors (Lipinski definition) is 5. The molecule has 9 heteroatoms. The molecule has 1 aliphatic heterocycles. The van der Waals surface area contributed by atoms with Crippen LogP contribution in [0.15, 0.2) is 23.6 Å². The zero-order chi connectivity index (χ0) is 22.1. The number of nitrogens with zero attached hydrogens (tertiary/aromatic N) is 1. The van der Waals surface area contributed by atoms with Crippen LogP contribution >= 0.6 is 22.9 Å². The molecule has 1 atom stereocenters. The van der Waals surface area contributed by atoms with Gasteiger partial charge in [-0.1, -0.05) is 17.7 Å². The lowest BCUT2D eigenvalue weighted by Gasteiger charge is -2.25. The molecule has 1 unspecified atom stereocenters. The standard InChI is InChI=1S/C22H22ClN3O4S/c1-12-5-6-14(7-17(12)23)25-22(30)24-9-13-11-31-20-16(13)10-26(21(20)29)18-4-2-3-15(27)8-19(18)28/h5-7,11,18H,2-4,8-10H2,1H3,(H2,24,25,30). The number of carbonyl (C=O) groups is 4. The normalized spacial score (nSPS) is 18.7. The average Bonchev–Trinajstić information content (AvgIpc) is 3.21. The van der Waals surface area contributed by atoms with Crippen molar-refractivity contribution in [1.82, 2.24) is 10.2 Å². The minimum Gasteiger partial charge on any atom is -0.334 e. The van der Waals surface area contributed by atoms with Gasteiger partial charge < -0.3 is 15.5 Å². The van der Waals surface area contributed by atoms with Crippen LogP contribution < -0.4 is 10.6 Å². The number of aryl methyl sites for hydroxylation is 1. The maximum Gasteiger partial charge on any atom is 0.319 e. The van der Waals surface area contributed by atoms with Gasteiger partial charge in [-0.3, -0.25) is 14.4 Å². The van der Waals surface area contributed by atoms with Crippen molar-refractivity contribution < 1.29 is 19.2 Å². The third kappa shape index (κ3) is 4.50. The molecule has 0 bridgehead atoms. The monoisotopic (exact) mass is 459 g/mol. The second-order valence-electron chi connectivity index (χ2n) is 7.86. The van der Waals surface area contributed by atoms with Gasteiger partial charge >= 0.3 is 6.03 Å². The summed E-state index contributed by atoms with van der Waals surface area (Å²) >= 11 is 7.41. The maximum absolute atomic E-state index is 12.9. The van der Waals surface area contributed by atoms with Crippen molar-refractivity contribution in [2.24, 2.45) is 0 Å². The summed E-state index contributed by atoms with van der Waals surface area (Å²) in [6.45, 7) is 2.47. The molecule has 0 spiro atoms. The Morgan fingerprint density at radius 3 is 2.87 bits per heavy atom. The third-order valence-electron chi connectivity index (χ3n) is 5.69. The summed E-state index contributed by atoms with van der Waals surface area (Å²) in [7, 11) is 0. The first-order valence-electron chi connectivity index (χ1n) is 10.1. The summed E-state index contributed by atoms with van der Waals surface area (Å²) < 4.78 is 0. The van der Waals surface area contributed by atoms with Crippen LogP contribution in [-0.4, -0.2) is 34.4 Å². The van der Waals surface area contributed by atoms with Gasteiger partial charge in [0, 0.05) is 35.8 Å². The van der Waals surface area contributed by atoms with E-state index in [0.717, 1.165) is 16.7 Å². The molecule has 4 rings (SSSR count). The molecule has 2 aliphatic rings. The number of carbonyl (C=O) groups excluding carboxylic acids is 4. The Morgan fingerprint density at radius 1 is 1.29 bits per heavy atom. The van der Waals surface area contributed by atoms with Crippen molar-refractivity contribution in [2.75, 3.05) is 5.32 Å². The zero-order valence-electron chi connectivity index (χ0n) is 17.0. The van der Waals surface area contributed by atoms with Crippen molar-refractivity contribution in [3.63, 3.8) is 0 Å². The summed E-state index contributed by atoms with van der Waals surface area (Å²) in [4.78, 5) is 51.5. The Morgan fingerprint density at radius 2 is 2.10 bits per heavy atom. The number of anilines is 1. The Bertz CT molecular complexity index is 1080. The minimum absolute atomic E-state index is 0.0558. The average molecular weight is 460 g/mol. The van der Waals surface area contributed by atoms with E-state index < -0.39 is 6.04 Å². The highest BCUT2D eigenvalue weighted by Gasteiger charge is 2.39. The van der Waals surface area contributed by atoms with Gasteiger partial charge in [0.2, 0.25) is 0 Å². The number of benzene rings is 1. The molecular formula is C22H22ClN3O4S. The second-order valence-corrected chi connectivity index (χ2v) is 9.15. The highest BCUT2D eigenvalue weighted by Crippen LogP contribution is 2.34. The van der Waals surface area contributed by atoms with E-state index in [-0.39, 0.29) is 36.5 Å². The predicted octanol–water partition coefficient (Wildman–Crippen LogP) is 4.07. The first kappa shape index (κ1) is 21.5. The van der Waals surface area contributed by atoms with Crippen LogP contribution in [0.1, 0.15) is 52.0 Å². The molecule has 162 valence electrons. The van der Waals surface area contributed by atoms with Crippen LogP contribution in [0.3, 0.4) is 0 Å². The van der Waals surface area contributed by atoms with E-state index in [1.807, 2.05) is 18.4 Å². The van der Waals surface area contributed by atoms with Crippen LogP contribution in [0.5, 0.6) is 0 Å². The fourth-order valence-electron chi connectivity index (χ4n) is 3.95. The number of halogens is 1. The SMILES string of the molecule is Cc1ccc(NC(=O)NCc2csc3c2CN(C2CCCC(=O)CC2=O)C3=O)cc1Cl. The molecule has 2 heterocycles. The van der Waals surface area contributed by atoms with E-state index in [0.29, 0.717) is 41.4 Å². The summed E-state index contributed by atoms with van der Waals surface area (Å²) in [6, 6.07) is 4.36. The maximum atomic E-state index is 12.9. The van der Waals surface area contributed by atoms with Gasteiger partial charge in [-0.2, -0.15) is 0 Å². The molecule has 1 aromatic heterocycles. The number of ketones is 2. The molecule has 1 aromatic carbocycles. The minimum atomic E-state index is -0.547. The van der Waals surface area contributed by atoms with E-state index in [1.165, 1.54) is 11.3 Å². The third-order valence-corrected chi connectivity index (χ3v) is 7.15. The highest BCUT2D eigenvalue weighted by atomic mass is 35.5. The van der Waals surface area contributed by atoms with Crippen LogP contribution in [0.4, 0.5) is 10.5 Å². The van der Waals surface area contributed by atoms with Crippen LogP contribution in [0.25, 0.3) is 0 Å². The molecule has 3 amide bonds. The Labute approximate surface area is 188 Å². The molecule has 2 aromatic rings. The van der Waals surface area contributed by atoms with Gasteiger partial charge in [0.15, 0.2) is 5.78 Å². The predicted molar refractivity (Wildman–Crippen MR) is 119 cm³/mol. The lowest BCUT2D eigenvalue weighted by atomic mass is 10.1. The summed E-state index contributed by atoms with van der Waals surface area (Å²) in [5.74, 6) is -0.404. The topological polar surface area (TPSA) is 95.6 Å². The largest absolute Gasteiger partial charge is 0.334 e. The van der Waals surface area contributed by atoms with Crippen molar-refractivity contribution in [2.45, 2.75) is 51.7 Å².